The molecule has 1 unspecified atom stereocenters. The second-order valence-corrected chi connectivity index (χ2v) is 7.98. The van der Waals surface area contributed by atoms with Crippen LogP contribution in [-0.2, 0) is 0 Å². The van der Waals surface area contributed by atoms with Gasteiger partial charge in [0, 0.05) is 13.1 Å². The molecule has 0 aromatic rings. The van der Waals surface area contributed by atoms with Crippen LogP contribution in [0.5, 0.6) is 0 Å². The van der Waals surface area contributed by atoms with E-state index in [2.05, 4.69) is 58.7 Å². The highest BCUT2D eigenvalue weighted by molar-refractivity contribution is 4.80. The Labute approximate surface area is 135 Å². The van der Waals surface area contributed by atoms with Gasteiger partial charge in [0.1, 0.15) is 0 Å². The molecule has 0 aliphatic heterocycles. The zero-order valence-electron chi connectivity index (χ0n) is 16.0. The molecule has 1 atom stereocenters. The molecule has 2 nitrogen and oxygen atoms in total. The maximum absolute atomic E-state index is 3.64. The quantitative estimate of drug-likeness (QED) is 0.491. The summed E-state index contributed by atoms with van der Waals surface area (Å²) in [6, 6.07) is 0. The van der Waals surface area contributed by atoms with Crippen LogP contribution in [0.1, 0.15) is 74.1 Å². The molecular weight excluding hydrogens is 256 g/mol. The van der Waals surface area contributed by atoms with Crippen LogP contribution >= 0.6 is 0 Å². The van der Waals surface area contributed by atoms with Crippen molar-refractivity contribution in [3.05, 3.63) is 0 Å². The molecule has 0 saturated heterocycles. The number of hydrogen-bond donors (Lipinski definition) is 1. The molecular formula is C19H42N2. The first-order valence-electron chi connectivity index (χ1n) is 9.26. The number of hydrogen-bond acceptors (Lipinski definition) is 2. The van der Waals surface area contributed by atoms with Crippen molar-refractivity contribution in [2.75, 3.05) is 32.7 Å². The predicted octanol–water partition coefficient (Wildman–Crippen LogP) is 4.80. The Balaban J connectivity index is 4.48. The van der Waals surface area contributed by atoms with E-state index in [-0.39, 0.29) is 0 Å². The van der Waals surface area contributed by atoms with Gasteiger partial charge in [-0.05, 0) is 62.6 Å². The molecule has 2 heteroatoms. The molecule has 0 fully saturated rings. The SMILES string of the molecule is CCCNCC(C)(CC)CN(CCC(C)C)CCC(C)C. The highest BCUT2D eigenvalue weighted by Gasteiger charge is 2.25. The summed E-state index contributed by atoms with van der Waals surface area (Å²) < 4.78 is 0. The summed E-state index contributed by atoms with van der Waals surface area (Å²) in [6.07, 6.45) is 5.12. The van der Waals surface area contributed by atoms with Gasteiger partial charge in [0.05, 0.1) is 0 Å². The summed E-state index contributed by atoms with van der Waals surface area (Å²) >= 11 is 0. The van der Waals surface area contributed by atoms with E-state index in [0.717, 1.165) is 24.9 Å². The summed E-state index contributed by atoms with van der Waals surface area (Å²) in [5.41, 5.74) is 0.406. The van der Waals surface area contributed by atoms with E-state index in [4.69, 9.17) is 0 Å². The third-order valence-corrected chi connectivity index (χ3v) is 4.48. The van der Waals surface area contributed by atoms with Crippen LogP contribution in [0.15, 0.2) is 0 Å². The van der Waals surface area contributed by atoms with Crippen molar-refractivity contribution in [2.45, 2.75) is 74.1 Å². The minimum atomic E-state index is 0.406. The van der Waals surface area contributed by atoms with Crippen LogP contribution in [0, 0.1) is 17.3 Å². The third kappa shape index (κ3) is 11.2. The molecule has 128 valence electrons. The van der Waals surface area contributed by atoms with Crippen molar-refractivity contribution in [2.24, 2.45) is 17.3 Å². The van der Waals surface area contributed by atoms with Gasteiger partial charge in [0.15, 0.2) is 0 Å². The van der Waals surface area contributed by atoms with E-state index >= 15 is 0 Å². The van der Waals surface area contributed by atoms with E-state index < -0.39 is 0 Å². The lowest BCUT2D eigenvalue weighted by Crippen LogP contribution is -2.43. The van der Waals surface area contributed by atoms with Gasteiger partial charge in [-0.1, -0.05) is 48.5 Å². The zero-order chi connectivity index (χ0) is 16.3. The zero-order valence-corrected chi connectivity index (χ0v) is 16.0. The number of nitrogens with one attached hydrogen (secondary N) is 1. The minimum Gasteiger partial charge on any atom is -0.316 e. The van der Waals surface area contributed by atoms with E-state index in [9.17, 15) is 0 Å². The van der Waals surface area contributed by atoms with Gasteiger partial charge in [-0.25, -0.2) is 0 Å². The van der Waals surface area contributed by atoms with Gasteiger partial charge < -0.3 is 10.2 Å². The maximum atomic E-state index is 3.64. The van der Waals surface area contributed by atoms with Crippen LogP contribution in [0.2, 0.25) is 0 Å². The Morgan fingerprint density at radius 2 is 1.48 bits per heavy atom. The Morgan fingerprint density at radius 3 is 1.86 bits per heavy atom. The van der Waals surface area contributed by atoms with Gasteiger partial charge in [0.25, 0.3) is 0 Å². The number of rotatable bonds is 13. The van der Waals surface area contributed by atoms with E-state index in [0.29, 0.717) is 5.41 Å². The molecule has 0 saturated carbocycles. The monoisotopic (exact) mass is 298 g/mol. The van der Waals surface area contributed by atoms with Crippen molar-refractivity contribution in [1.29, 1.82) is 0 Å². The van der Waals surface area contributed by atoms with Gasteiger partial charge in [0.2, 0.25) is 0 Å². The molecule has 21 heavy (non-hydrogen) atoms. The molecule has 1 N–H and O–H groups in total. The average molecular weight is 299 g/mol. The fourth-order valence-corrected chi connectivity index (χ4v) is 2.55. The van der Waals surface area contributed by atoms with E-state index in [1.807, 2.05) is 0 Å². The normalized spacial score (nSPS) is 15.1. The molecule has 0 spiro atoms. The molecule has 0 rings (SSSR count). The molecule has 0 bridgehead atoms. The molecule has 0 aromatic heterocycles. The third-order valence-electron chi connectivity index (χ3n) is 4.48. The molecule has 0 radical (unpaired) electrons. The topological polar surface area (TPSA) is 15.3 Å². The summed E-state index contributed by atoms with van der Waals surface area (Å²) in [4.78, 5) is 2.72. The lowest BCUT2D eigenvalue weighted by molar-refractivity contribution is 0.144. The fraction of sp³-hybridized carbons (Fsp3) is 1.00. The first kappa shape index (κ1) is 20.9. The molecule has 0 aromatic carbocycles. The van der Waals surface area contributed by atoms with Crippen LogP contribution in [0.4, 0.5) is 0 Å². The van der Waals surface area contributed by atoms with Crippen LogP contribution in [0.3, 0.4) is 0 Å². The Morgan fingerprint density at radius 1 is 0.952 bits per heavy atom. The highest BCUT2D eigenvalue weighted by atomic mass is 15.1. The highest BCUT2D eigenvalue weighted by Crippen LogP contribution is 2.23. The first-order valence-corrected chi connectivity index (χ1v) is 9.26. The standard InChI is InChI=1S/C19H42N2/c1-8-12-20-15-19(7,9-2)16-21(13-10-17(3)4)14-11-18(5)6/h17-18,20H,8-16H2,1-7H3. The van der Waals surface area contributed by atoms with Crippen molar-refractivity contribution in [3.8, 4) is 0 Å². The Bertz CT molecular complexity index is 226. The summed E-state index contributed by atoms with van der Waals surface area (Å²) in [5.74, 6) is 1.61. The average Bonchev–Trinajstić information content (AvgIpc) is 2.42. The summed E-state index contributed by atoms with van der Waals surface area (Å²) in [6.45, 7) is 22.4. The predicted molar refractivity (Wildman–Crippen MR) is 96.9 cm³/mol. The second-order valence-electron chi connectivity index (χ2n) is 7.98. The van der Waals surface area contributed by atoms with Crippen molar-refractivity contribution >= 4 is 0 Å². The van der Waals surface area contributed by atoms with Crippen LogP contribution in [0.25, 0.3) is 0 Å². The van der Waals surface area contributed by atoms with Crippen molar-refractivity contribution in [3.63, 3.8) is 0 Å². The van der Waals surface area contributed by atoms with E-state index in [1.165, 1.54) is 45.3 Å². The lowest BCUT2D eigenvalue weighted by atomic mass is 9.86. The summed E-state index contributed by atoms with van der Waals surface area (Å²) in [7, 11) is 0. The molecule has 0 aliphatic carbocycles. The second kappa shape index (κ2) is 11.5. The maximum Gasteiger partial charge on any atom is 0.00474 e. The molecule has 0 amide bonds. The van der Waals surface area contributed by atoms with Crippen molar-refractivity contribution in [1.82, 2.24) is 10.2 Å². The van der Waals surface area contributed by atoms with Crippen LogP contribution in [-0.4, -0.2) is 37.6 Å². The van der Waals surface area contributed by atoms with Gasteiger partial charge in [-0.15, -0.1) is 0 Å². The largest absolute Gasteiger partial charge is 0.316 e. The lowest BCUT2D eigenvalue weighted by Gasteiger charge is -2.36. The first-order chi connectivity index (χ1) is 9.83. The van der Waals surface area contributed by atoms with Gasteiger partial charge in [-0.3, -0.25) is 0 Å². The van der Waals surface area contributed by atoms with Gasteiger partial charge in [-0.2, -0.15) is 0 Å². The number of nitrogens with zero attached hydrogens (tertiary/aromatic N) is 1. The Kier molecular flexibility index (Phi) is 11.4. The fourth-order valence-electron chi connectivity index (χ4n) is 2.55. The molecule has 0 aliphatic rings. The Hall–Kier alpha value is -0.0800. The molecule has 0 heterocycles. The summed E-state index contributed by atoms with van der Waals surface area (Å²) in [5, 5.41) is 3.64. The van der Waals surface area contributed by atoms with Crippen molar-refractivity contribution < 1.29 is 0 Å². The smallest absolute Gasteiger partial charge is 0.00474 e. The minimum absolute atomic E-state index is 0.406. The van der Waals surface area contributed by atoms with Crippen LogP contribution < -0.4 is 5.32 Å². The van der Waals surface area contributed by atoms with Gasteiger partial charge >= 0.3 is 0 Å². The van der Waals surface area contributed by atoms with E-state index in [1.54, 1.807) is 0 Å².